The van der Waals surface area contributed by atoms with Crippen LogP contribution in [0.1, 0.15) is 30.1 Å². The minimum absolute atomic E-state index is 0.0934. The largest absolute Gasteiger partial charge is 0.367 e. The van der Waals surface area contributed by atoms with E-state index in [1.54, 1.807) is 0 Å². The Labute approximate surface area is 99.6 Å². The lowest BCUT2D eigenvalue weighted by molar-refractivity contribution is 0.0918. The van der Waals surface area contributed by atoms with Crippen LogP contribution in [0.3, 0.4) is 0 Å². The van der Waals surface area contributed by atoms with Gasteiger partial charge in [0, 0.05) is 30.5 Å². The highest BCUT2D eigenvalue weighted by Gasteiger charge is 2.23. The van der Waals surface area contributed by atoms with Gasteiger partial charge in [0.25, 0.3) is 5.91 Å². The van der Waals surface area contributed by atoms with Crippen LogP contribution < -0.4 is 16.1 Å². The molecule has 1 aliphatic rings. The van der Waals surface area contributed by atoms with E-state index >= 15 is 0 Å². The highest BCUT2D eigenvalue weighted by Crippen LogP contribution is 2.08. The monoisotopic (exact) mass is 235 g/mol. The fourth-order valence-electron chi connectivity index (χ4n) is 2.08. The molecule has 1 aromatic rings. The van der Waals surface area contributed by atoms with Crippen molar-refractivity contribution in [2.75, 3.05) is 6.54 Å². The molecule has 5 heteroatoms. The van der Waals surface area contributed by atoms with Crippen LogP contribution in [-0.4, -0.2) is 29.5 Å². The molecule has 1 saturated heterocycles. The SMILES string of the molecule is CC1NCCCC1NC(=O)c1c[nH]ccc1=O. The van der Waals surface area contributed by atoms with E-state index in [4.69, 9.17) is 0 Å². The van der Waals surface area contributed by atoms with E-state index < -0.39 is 0 Å². The number of carbonyl (C=O) groups excluding carboxylic acids is 1. The first-order valence-corrected chi connectivity index (χ1v) is 5.90. The molecule has 5 nitrogen and oxygen atoms in total. The third-order valence-corrected chi connectivity index (χ3v) is 3.15. The lowest BCUT2D eigenvalue weighted by Crippen LogP contribution is -2.52. The first-order chi connectivity index (χ1) is 8.18. The predicted octanol–water partition coefficient (Wildman–Crippen LogP) is 0.245. The van der Waals surface area contributed by atoms with Crippen LogP contribution in [0.15, 0.2) is 23.3 Å². The summed E-state index contributed by atoms with van der Waals surface area (Å²) < 4.78 is 0. The lowest BCUT2D eigenvalue weighted by Gasteiger charge is -2.30. The third kappa shape index (κ3) is 2.74. The van der Waals surface area contributed by atoms with Gasteiger partial charge in [0.1, 0.15) is 5.56 Å². The zero-order valence-electron chi connectivity index (χ0n) is 9.82. The molecule has 2 atom stereocenters. The average Bonchev–Trinajstić information content (AvgIpc) is 2.32. The number of aromatic amines is 1. The molecule has 0 aromatic carbocycles. The molecule has 0 spiro atoms. The Morgan fingerprint density at radius 1 is 1.53 bits per heavy atom. The normalized spacial score (nSPS) is 24.3. The van der Waals surface area contributed by atoms with Gasteiger partial charge < -0.3 is 15.6 Å². The molecule has 0 aliphatic carbocycles. The van der Waals surface area contributed by atoms with Crippen LogP contribution in [0.25, 0.3) is 0 Å². The number of hydrogen-bond donors (Lipinski definition) is 3. The van der Waals surface area contributed by atoms with Crippen LogP contribution in [0, 0.1) is 0 Å². The van der Waals surface area contributed by atoms with Gasteiger partial charge in [-0.05, 0) is 26.3 Å². The summed E-state index contributed by atoms with van der Waals surface area (Å²) in [6.07, 6.45) is 4.95. The second kappa shape index (κ2) is 5.14. The summed E-state index contributed by atoms with van der Waals surface area (Å²) >= 11 is 0. The number of piperidine rings is 1. The maximum absolute atomic E-state index is 11.9. The second-order valence-electron chi connectivity index (χ2n) is 4.39. The Kier molecular flexibility index (Phi) is 3.58. The number of pyridine rings is 1. The van der Waals surface area contributed by atoms with E-state index in [0.717, 1.165) is 19.4 Å². The second-order valence-corrected chi connectivity index (χ2v) is 4.39. The number of aromatic nitrogens is 1. The molecular formula is C12H17N3O2. The van der Waals surface area contributed by atoms with E-state index in [1.807, 2.05) is 6.92 Å². The van der Waals surface area contributed by atoms with Crippen LogP contribution in [0.4, 0.5) is 0 Å². The number of H-pyrrole nitrogens is 1. The van der Waals surface area contributed by atoms with Crippen molar-refractivity contribution >= 4 is 5.91 Å². The molecule has 0 saturated carbocycles. The standard InChI is InChI=1S/C12H17N3O2/c1-8-10(3-2-5-14-8)15-12(17)9-7-13-6-4-11(9)16/h4,6-8,10,14H,2-3,5H2,1H3,(H,13,16)(H,15,17). The number of rotatable bonds is 2. The summed E-state index contributed by atoms with van der Waals surface area (Å²) in [7, 11) is 0. The van der Waals surface area contributed by atoms with Gasteiger partial charge >= 0.3 is 0 Å². The van der Waals surface area contributed by atoms with Crippen molar-refractivity contribution in [1.82, 2.24) is 15.6 Å². The summed E-state index contributed by atoms with van der Waals surface area (Å²) in [5.74, 6) is -0.299. The van der Waals surface area contributed by atoms with Crippen molar-refractivity contribution in [2.45, 2.75) is 31.8 Å². The van der Waals surface area contributed by atoms with Crippen LogP contribution >= 0.6 is 0 Å². The Balaban J connectivity index is 2.06. The zero-order chi connectivity index (χ0) is 12.3. The van der Waals surface area contributed by atoms with Gasteiger partial charge in [-0.15, -0.1) is 0 Å². The van der Waals surface area contributed by atoms with E-state index in [1.165, 1.54) is 18.5 Å². The molecule has 0 radical (unpaired) electrons. The highest BCUT2D eigenvalue weighted by atomic mass is 16.2. The van der Waals surface area contributed by atoms with E-state index in [2.05, 4.69) is 15.6 Å². The van der Waals surface area contributed by atoms with E-state index in [-0.39, 0.29) is 29.0 Å². The van der Waals surface area contributed by atoms with Gasteiger partial charge in [-0.1, -0.05) is 0 Å². The average molecular weight is 235 g/mol. The van der Waals surface area contributed by atoms with Crippen molar-refractivity contribution in [3.63, 3.8) is 0 Å². The Bertz CT molecular complexity index is 455. The first-order valence-electron chi connectivity index (χ1n) is 5.90. The topological polar surface area (TPSA) is 74.0 Å². The van der Waals surface area contributed by atoms with Gasteiger partial charge in [0.05, 0.1) is 0 Å². The minimum Gasteiger partial charge on any atom is -0.367 e. The molecule has 1 aromatic heterocycles. The number of amides is 1. The van der Waals surface area contributed by atoms with Gasteiger partial charge in [-0.3, -0.25) is 9.59 Å². The molecular weight excluding hydrogens is 218 g/mol. The molecule has 1 fully saturated rings. The van der Waals surface area contributed by atoms with Crippen LogP contribution in [-0.2, 0) is 0 Å². The van der Waals surface area contributed by atoms with Crippen LogP contribution in [0.2, 0.25) is 0 Å². The molecule has 2 rings (SSSR count). The molecule has 3 N–H and O–H groups in total. The van der Waals surface area contributed by atoms with Gasteiger partial charge in [-0.2, -0.15) is 0 Å². The van der Waals surface area contributed by atoms with Gasteiger partial charge in [-0.25, -0.2) is 0 Å². The number of carbonyl (C=O) groups is 1. The van der Waals surface area contributed by atoms with E-state index in [0.29, 0.717) is 0 Å². The lowest BCUT2D eigenvalue weighted by atomic mass is 9.99. The predicted molar refractivity (Wildman–Crippen MR) is 65.0 cm³/mol. The minimum atomic E-state index is -0.299. The quantitative estimate of drug-likeness (QED) is 0.687. The molecule has 2 heterocycles. The fourth-order valence-corrected chi connectivity index (χ4v) is 2.08. The maximum atomic E-state index is 11.9. The van der Waals surface area contributed by atoms with Crippen LogP contribution in [0.5, 0.6) is 0 Å². The molecule has 92 valence electrons. The van der Waals surface area contributed by atoms with Crippen molar-refractivity contribution < 1.29 is 4.79 Å². The van der Waals surface area contributed by atoms with Gasteiger partial charge in [0.15, 0.2) is 5.43 Å². The van der Waals surface area contributed by atoms with E-state index in [9.17, 15) is 9.59 Å². The molecule has 1 amide bonds. The van der Waals surface area contributed by atoms with Crippen molar-refractivity contribution in [3.05, 3.63) is 34.2 Å². The first kappa shape index (κ1) is 11.9. The van der Waals surface area contributed by atoms with Gasteiger partial charge in [0.2, 0.25) is 0 Å². The summed E-state index contributed by atoms with van der Waals surface area (Å²) in [4.78, 5) is 26.2. The molecule has 2 unspecified atom stereocenters. The van der Waals surface area contributed by atoms with Crippen molar-refractivity contribution in [3.8, 4) is 0 Å². The summed E-state index contributed by atoms with van der Waals surface area (Å²) in [5.41, 5.74) is -0.0806. The maximum Gasteiger partial charge on any atom is 0.257 e. The number of hydrogen-bond acceptors (Lipinski definition) is 3. The molecule has 1 aliphatic heterocycles. The molecule has 17 heavy (non-hydrogen) atoms. The zero-order valence-corrected chi connectivity index (χ0v) is 9.82. The summed E-state index contributed by atoms with van der Waals surface area (Å²) in [6, 6.07) is 1.70. The summed E-state index contributed by atoms with van der Waals surface area (Å²) in [6.45, 7) is 3.03. The molecule has 0 bridgehead atoms. The smallest absolute Gasteiger partial charge is 0.257 e. The number of nitrogens with one attached hydrogen (secondary N) is 3. The Morgan fingerprint density at radius 2 is 2.35 bits per heavy atom. The third-order valence-electron chi connectivity index (χ3n) is 3.15. The Morgan fingerprint density at radius 3 is 3.06 bits per heavy atom. The fraction of sp³-hybridized carbons (Fsp3) is 0.500. The Hall–Kier alpha value is -1.62. The van der Waals surface area contributed by atoms with Crippen molar-refractivity contribution in [2.24, 2.45) is 0 Å². The van der Waals surface area contributed by atoms with Crippen molar-refractivity contribution in [1.29, 1.82) is 0 Å². The summed E-state index contributed by atoms with van der Waals surface area (Å²) in [5, 5.41) is 6.21. The highest BCUT2D eigenvalue weighted by molar-refractivity contribution is 5.93.